The molecular formula is C15H25N5O. The summed E-state index contributed by atoms with van der Waals surface area (Å²) >= 11 is 0. The molecule has 2 aliphatic rings. The molecular weight excluding hydrogens is 266 g/mol. The minimum atomic E-state index is -0.0272. The molecule has 1 aromatic rings. The van der Waals surface area contributed by atoms with Gasteiger partial charge in [-0.15, -0.1) is 0 Å². The van der Waals surface area contributed by atoms with E-state index in [1.807, 2.05) is 0 Å². The maximum atomic E-state index is 12.5. The third-order valence-electron chi connectivity index (χ3n) is 4.73. The van der Waals surface area contributed by atoms with E-state index < -0.39 is 0 Å². The molecule has 1 amide bonds. The molecule has 6 heteroatoms. The number of nitrogens with zero attached hydrogens (tertiary/aromatic N) is 2. The molecule has 2 unspecified atom stereocenters. The molecule has 21 heavy (non-hydrogen) atoms. The Morgan fingerprint density at radius 1 is 1.38 bits per heavy atom. The predicted molar refractivity (Wildman–Crippen MR) is 81.2 cm³/mol. The van der Waals surface area contributed by atoms with Crippen LogP contribution in [0.4, 0.5) is 0 Å². The first-order valence-corrected chi connectivity index (χ1v) is 7.89. The van der Waals surface area contributed by atoms with Gasteiger partial charge in [0.25, 0.3) is 5.91 Å². The van der Waals surface area contributed by atoms with Gasteiger partial charge in [0.1, 0.15) is 0 Å². The van der Waals surface area contributed by atoms with Gasteiger partial charge >= 0.3 is 0 Å². The number of hydrogen-bond donors (Lipinski definition) is 3. The van der Waals surface area contributed by atoms with Gasteiger partial charge in [-0.25, -0.2) is 0 Å². The van der Waals surface area contributed by atoms with Crippen molar-refractivity contribution in [1.29, 1.82) is 0 Å². The number of aromatic nitrogens is 2. The maximum absolute atomic E-state index is 12.5. The van der Waals surface area contributed by atoms with E-state index in [0.717, 1.165) is 43.6 Å². The maximum Gasteiger partial charge on any atom is 0.272 e. The monoisotopic (exact) mass is 291 g/mol. The Morgan fingerprint density at radius 3 is 3.05 bits per heavy atom. The van der Waals surface area contributed by atoms with Gasteiger partial charge < -0.3 is 15.5 Å². The van der Waals surface area contributed by atoms with Crippen LogP contribution in [-0.2, 0) is 13.0 Å². The van der Waals surface area contributed by atoms with Crippen LogP contribution in [0.2, 0.25) is 0 Å². The van der Waals surface area contributed by atoms with Crippen LogP contribution in [0.3, 0.4) is 0 Å². The Labute approximate surface area is 125 Å². The molecule has 1 aliphatic carbocycles. The number of hydrogen-bond acceptors (Lipinski definition) is 4. The molecule has 116 valence electrons. The Bertz CT molecular complexity index is 510. The van der Waals surface area contributed by atoms with E-state index in [1.165, 1.54) is 12.8 Å². The smallest absolute Gasteiger partial charge is 0.272 e. The summed E-state index contributed by atoms with van der Waals surface area (Å²) in [5.41, 5.74) is 2.72. The van der Waals surface area contributed by atoms with Crippen molar-refractivity contribution in [1.82, 2.24) is 25.7 Å². The molecule has 0 aromatic carbocycles. The second-order valence-electron chi connectivity index (χ2n) is 6.41. The topological polar surface area (TPSA) is 73.0 Å². The highest BCUT2D eigenvalue weighted by molar-refractivity contribution is 5.94. The fourth-order valence-corrected chi connectivity index (χ4v) is 3.43. The Kier molecular flexibility index (Phi) is 4.26. The van der Waals surface area contributed by atoms with E-state index in [1.54, 1.807) is 0 Å². The molecule has 0 bridgehead atoms. The van der Waals surface area contributed by atoms with Crippen LogP contribution in [0.15, 0.2) is 0 Å². The van der Waals surface area contributed by atoms with Crippen molar-refractivity contribution in [3.63, 3.8) is 0 Å². The van der Waals surface area contributed by atoms with E-state index in [9.17, 15) is 4.79 Å². The summed E-state index contributed by atoms with van der Waals surface area (Å²) in [4.78, 5) is 14.8. The quantitative estimate of drug-likeness (QED) is 0.765. The SMILES string of the molecule is CN(C)C1CCCC(NC(=O)c2n[nH]c3c2CNCC3)C1. The molecule has 3 N–H and O–H groups in total. The van der Waals surface area contributed by atoms with Crippen molar-refractivity contribution in [2.75, 3.05) is 20.6 Å². The molecule has 6 nitrogen and oxygen atoms in total. The summed E-state index contributed by atoms with van der Waals surface area (Å²) in [6.45, 7) is 1.68. The fraction of sp³-hybridized carbons (Fsp3) is 0.733. The molecule has 1 saturated carbocycles. The number of carbonyl (C=O) groups is 1. The number of rotatable bonds is 3. The zero-order chi connectivity index (χ0) is 14.8. The van der Waals surface area contributed by atoms with Gasteiger partial charge in [-0.2, -0.15) is 5.10 Å². The molecule has 0 saturated heterocycles. The summed E-state index contributed by atoms with van der Waals surface area (Å²) < 4.78 is 0. The predicted octanol–water partition coefficient (Wildman–Crippen LogP) is 0.658. The number of aromatic amines is 1. The lowest BCUT2D eigenvalue weighted by Gasteiger charge is -2.33. The largest absolute Gasteiger partial charge is 0.348 e. The van der Waals surface area contributed by atoms with Gasteiger partial charge in [0.2, 0.25) is 0 Å². The van der Waals surface area contributed by atoms with Crippen molar-refractivity contribution < 1.29 is 4.79 Å². The van der Waals surface area contributed by atoms with E-state index in [-0.39, 0.29) is 11.9 Å². The number of H-pyrrole nitrogens is 1. The van der Waals surface area contributed by atoms with Crippen LogP contribution in [0, 0.1) is 0 Å². The average Bonchev–Trinajstić information content (AvgIpc) is 2.91. The number of nitrogens with one attached hydrogen (secondary N) is 3. The van der Waals surface area contributed by atoms with Crippen molar-refractivity contribution in [2.24, 2.45) is 0 Å². The summed E-state index contributed by atoms with van der Waals surface area (Å²) in [5.74, 6) is -0.0272. The Hall–Kier alpha value is -1.40. The fourth-order valence-electron chi connectivity index (χ4n) is 3.43. The average molecular weight is 291 g/mol. The van der Waals surface area contributed by atoms with Crippen LogP contribution in [0.1, 0.15) is 47.4 Å². The van der Waals surface area contributed by atoms with Crippen LogP contribution in [-0.4, -0.2) is 53.7 Å². The van der Waals surface area contributed by atoms with E-state index in [4.69, 9.17) is 0 Å². The summed E-state index contributed by atoms with van der Waals surface area (Å²) in [6, 6.07) is 0.835. The third kappa shape index (κ3) is 3.11. The molecule has 1 aromatic heterocycles. The van der Waals surface area contributed by atoms with E-state index in [2.05, 4.69) is 39.8 Å². The van der Waals surface area contributed by atoms with Crippen molar-refractivity contribution in [3.05, 3.63) is 17.0 Å². The minimum absolute atomic E-state index is 0.0272. The minimum Gasteiger partial charge on any atom is -0.348 e. The van der Waals surface area contributed by atoms with Crippen molar-refractivity contribution >= 4 is 5.91 Å². The van der Waals surface area contributed by atoms with Gasteiger partial charge in [0, 0.05) is 42.9 Å². The lowest BCUT2D eigenvalue weighted by Crippen LogP contribution is -2.44. The normalized spacial score (nSPS) is 25.7. The molecule has 0 spiro atoms. The van der Waals surface area contributed by atoms with Crippen LogP contribution in [0.25, 0.3) is 0 Å². The summed E-state index contributed by atoms with van der Waals surface area (Å²) in [7, 11) is 4.23. The number of amides is 1. The number of carbonyl (C=O) groups excluding carboxylic acids is 1. The molecule has 0 radical (unpaired) electrons. The van der Waals surface area contributed by atoms with Gasteiger partial charge in [-0.1, -0.05) is 0 Å². The first-order valence-electron chi connectivity index (χ1n) is 7.89. The summed E-state index contributed by atoms with van der Waals surface area (Å²) in [5, 5.41) is 13.7. The first-order chi connectivity index (χ1) is 10.1. The van der Waals surface area contributed by atoms with Gasteiger partial charge in [0.05, 0.1) is 0 Å². The van der Waals surface area contributed by atoms with Crippen molar-refractivity contribution in [3.8, 4) is 0 Å². The molecule has 3 rings (SSSR count). The lowest BCUT2D eigenvalue weighted by molar-refractivity contribution is 0.0904. The molecule has 2 heterocycles. The van der Waals surface area contributed by atoms with Crippen LogP contribution < -0.4 is 10.6 Å². The van der Waals surface area contributed by atoms with E-state index >= 15 is 0 Å². The van der Waals surface area contributed by atoms with Gasteiger partial charge in [-0.3, -0.25) is 9.89 Å². The zero-order valence-electron chi connectivity index (χ0n) is 12.9. The Morgan fingerprint density at radius 2 is 2.24 bits per heavy atom. The number of fused-ring (bicyclic) bond motifs is 1. The lowest BCUT2D eigenvalue weighted by atomic mass is 9.90. The van der Waals surface area contributed by atoms with Crippen molar-refractivity contribution in [2.45, 2.75) is 50.7 Å². The zero-order valence-corrected chi connectivity index (χ0v) is 12.9. The molecule has 2 atom stereocenters. The highest BCUT2D eigenvalue weighted by Crippen LogP contribution is 2.22. The second-order valence-corrected chi connectivity index (χ2v) is 6.41. The van der Waals surface area contributed by atoms with E-state index in [0.29, 0.717) is 11.7 Å². The van der Waals surface area contributed by atoms with Gasteiger partial charge in [0.15, 0.2) is 5.69 Å². The molecule has 1 aliphatic heterocycles. The summed E-state index contributed by atoms with van der Waals surface area (Å²) in [6.07, 6.45) is 5.42. The Balaban J connectivity index is 1.65. The van der Waals surface area contributed by atoms with Gasteiger partial charge in [-0.05, 0) is 39.8 Å². The third-order valence-corrected chi connectivity index (χ3v) is 4.73. The highest BCUT2D eigenvalue weighted by atomic mass is 16.2. The highest BCUT2D eigenvalue weighted by Gasteiger charge is 2.27. The standard InChI is InChI=1S/C15H25N5O/c1-20(2)11-5-3-4-10(8-11)17-15(21)14-12-9-16-7-6-13(12)18-19-14/h10-11,16H,3-9H2,1-2H3,(H,17,21)(H,18,19). The van der Waals surface area contributed by atoms with Crippen LogP contribution >= 0.6 is 0 Å². The first kappa shape index (κ1) is 14.5. The second kappa shape index (κ2) is 6.15. The molecule has 1 fully saturated rings. The van der Waals surface area contributed by atoms with Crippen LogP contribution in [0.5, 0.6) is 0 Å².